The van der Waals surface area contributed by atoms with Crippen LogP contribution in [-0.2, 0) is 0 Å². The van der Waals surface area contributed by atoms with Crippen molar-refractivity contribution in [2.24, 2.45) is 0 Å². The van der Waals surface area contributed by atoms with Gasteiger partial charge in [0.25, 0.3) is 11.8 Å². The number of halogens is 1. The maximum absolute atomic E-state index is 12.6. The van der Waals surface area contributed by atoms with E-state index in [0.29, 0.717) is 22.6 Å². The van der Waals surface area contributed by atoms with Gasteiger partial charge >= 0.3 is 0 Å². The van der Waals surface area contributed by atoms with Crippen LogP contribution in [0.2, 0.25) is 0 Å². The molecule has 7 nitrogen and oxygen atoms in total. The summed E-state index contributed by atoms with van der Waals surface area (Å²) in [6.45, 7) is 1.96. The van der Waals surface area contributed by atoms with Crippen molar-refractivity contribution in [1.29, 1.82) is 0 Å². The molecule has 2 aromatic heterocycles. The number of benzene rings is 2. The highest BCUT2D eigenvalue weighted by Gasteiger charge is 2.11. The molecule has 0 saturated heterocycles. The Hall–Kier alpha value is -3.78. The first-order chi connectivity index (χ1) is 15.0. The molecule has 4 aromatic rings. The van der Waals surface area contributed by atoms with Crippen molar-refractivity contribution in [2.75, 3.05) is 10.6 Å². The fourth-order valence-corrected chi connectivity index (χ4v) is 3.21. The Bertz CT molecular complexity index is 1230. The molecule has 154 valence electrons. The van der Waals surface area contributed by atoms with Gasteiger partial charge in [-0.2, -0.15) is 5.10 Å². The average molecular weight is 476 g/mol. The Morgan fingerprint density at radius 1 is 0.903 bits per heavy atom. The smallest absolute Gasteiger partial charge is 0.256 e. The predicted molar refractivity (Wildman–Crippen MR) is 123 cm³/mol. The second-order valence-corrected chi connectivity index (χ2v) is 7.70. The molecular weight excluding hydrogens is 458 g/mol. The number of aryl methyl sites for hydroxylation is 1. The van der Waals surface area contributed by atoms with Gasteiger partial charge in [0.05, 0.1) is 5.69 Å². The molecule has 8 heteroatoms. The lowest BCUT2D eigenvalue weighted by atomic mass is 10.1. The zero-order valence-corrected chi connectivity index (χ0v) is 18.1. The highest BCUT2D eigenvalue weighted by atomic mass is 79.9. The van der Waals surface area contributed by atoms with Crippen molar-refractivity contribution in [3.05, 3.63) is 100 Å². The lowest BCUT2D eigenvalue weighted by Gasteiger charge is -2.09. The summed E-state index contributed by atoms with van der Waals surface area (Å²) in [6, 6.07) is 19.3. The highest BCUT2D eigenvalue weighted by molar-refractivity contribution is 9.10. The first kappa shape index (κ1) is 20.5. The van der Waals surface area contributed by atoms with Gasteiger partial charge in [-0.05, 0) is 83.5 Å². The number of nitrogens with one attached hydrogen (secondary N) is 2. The van der Waals surface area contributed by atoms with Crippen LogP contribution in [0.1, 0.15) is 26.4 Å². The number of carbonyl (C=O) groups is 2. The van der Waals surface area contributed by atoms with Crippen LogP contribution in [0, 0.1) is 6.92 Å². The Morgan fingerprint density at radius 3 is 2.35 bits per heavy atom. The second-order valence-electron chi connectivity index (χ2n) is 6.78. The van der Waals surface area contributed by atoms with E-state index in [1.54, 1.807) is 65.6 Å². The fraction of sp³-hybridized carbons (Fsp3) is 0.0435. The number of hydrogen-bond acceptors (Lipinski definition) is 4. The summed E-state index contributed by atoms with van der Waals surface area (Å²) < 4.78 is 2.62. The van der Waals surface area contributed by atoms with Gasteiger partial charge < -0.3 is 10.6 Å². The lowest BCUT2D eigenvalue weighted by Crippen LogP contribution is -2.15. The molecule has 0 bridgehead atoms. The quantitative estimate of drug-likeness (QED) is 0.432. The van der Waals surface area contributed by atoms with E-state index in [4.69, 9.17) is 0 Å². The maximum atomic E-state index is 12.6. The molecule has 2 aromatic carbocycles. The van der Waals surface area contributed by atoms with Crippen LogP contribution in [0.25, 0.3) is 5.69 Å². The molecule has 2 N–H and O–H groups in total. The number of amides is 2. The minimum Gasteiger partial charge on any atom is -0.322 e. The van der Waals surface area contributed by atoms with Crippen molar-refractivity contribution in [1.82, 2.24) is 14.8 Å². The second kappa shape index (κ2) is 8.93. The van der Waals surface area contributed by atoms with Crippen molar-refractivity contribution in [3.63, 3.8) is 0 Å². The average Bonchev–Trinajstić information content (AvgIpc) is 3.21. The van der Waals surface area contributed by atoms with E-state index in [1.165, 1.54) is 0 Å². The normalized spacial score (nSPS) is 10.5. The number of nitrogens with zero attached hydrogens (tertiary/aromatic N) is 3. The standard InChI is InChI=1S/C23H18BrN5O2/c1-15-11-12-26-29(15)20-8-5-16(6-9-20)22(30)27-19-4-2-3-17(13-19)23(31)28-21-10-7-18(24)14-25-21/h2-14H,1H3,(H,27,30)(H,25,28,31). The third-order valence-corrected chi connectivity index (χ3v) is 5.03. The number of rotatable bonds is 5. The first-order valence-corrected chi connectivity index (χ1v) is 10.2. The maximum Gasteiger partial charge on any atom is 0.256 e. The Labute approximate surface area is 187 Å². The molecule has 4 rings (SSSR count). The fourth-order valence-electron chi connectivity index (χ4n) is 2.97. The summed E-state index contributed by atoms with van der Waals surface area (Å²) >= 11 is 3.31. The summed E-state index contributed by atoms with van der Waals surface area (Å²) in [5.74, 6) is -0.143. The van der Waals surface area contributed by atoms with E-state index in [2.05, 4.69) is 36.6 Å². The SMILES string of the molecule is Cc1ccnn1-c1ccc(C(=O)Nc2cccc(C(=O)Nc3ccc(Br)cn3)c2)cc1. The van der Waals surface area contributed by atoms with Crippen LogP contribution in [-0.4, -0.2) is 26.6 Å². The van der Waals surface area contributed by atoms with Crippen molar-refractivity contribution < 1.29 is 9.59 Å². The van der Waals surface area contributed by atoms with E-state index in [9.17, 15) is 9.59 Å². The van der Waals surface area contributed by atoms with Gasteiger partial charge in [0.1, 0.15) is 5.82 Å². The van der Waals surface area contributed by atoms with Gasteiger partial charge in [-0.3, -0.25) is 9.59 Å². The third-order valence-electron chi connectivity index (χ3n) is 4.56. The van der Waals surface area contributed by atoms with Gasteiger partial charge in [-0.15, -0.1) is 0 Å². The largest absolute Gasteiger partial charge is 0.322 e. The van der Waals surface area contributed by atoms with Gasteiger partial charge in [0, 0.05) is 39.4 Å². The predicted octanol–water partition coefficient (Wildman–Crippen LogP) is 4.84. The lowest BCUT2D eigenvalue weighted by molar-refractivity contribution is 0.101. The van der Waals surface area contributed by atoms with Crippen LogP contribution in [0.15, 0.2) is 83.6 Å². The number of aromatic nitrogens is 3. The summed E-state index contributed by atoms with van der Waals surface area (Å²) in [6.07, 6.45) is 3.33. The van der Waals surface area contributed by atoms with Crippen LogP contribution in [0.3, 0.4) is 0 Å². The van der Waals surface area contributed by atoms with Gasteiger partial charge in [0.15, 0.2) is 0 Å². The minimum absolute atomic E-state index is 0.268. The molecule has 0 saturated carbocycles. The molecule has 2 amide bonds. The number of pyridine rings is 1. The van der Waals surface area contributed by atoms with E-state index >= 15 is 0 Å². The highest BCUT2D eigenvalue weighted by Crippen LogP contribution is 2.16. The third kappa shape index (κ3) is 4.87. The molecule has 0 unspecified atom stereocenters. The van der Waals surface area contributed by atoms with E-state index in [0.717, 1.165) is 15.9 Å². The van der Waals surface area contributed by atoms with Crippen LogP contribution >= 0.6 is 15.9 Å². The molecule has 0 spiro atoms. The summed E-state index contributed by atoms with van der Waals surface area (Å²) in [4.78, 5) is 29.3. The van der Waals surface area contributed by atoms with E-state index in [-0.39, 0.29) is 11.8 Å². The Kier molecular flexibility index (Phi) is 5.90. The van der Waals surface area contributed by atoms with Crippen LogP contribution in [0.5, 0.6) is 0 Å². The number of hydrogen-bond donors (Lipinski definition) is 2. The molecule has 0 fully saturated rings. The van der Waals surface area contributed by atoms with Crippen molar-refractivity contribution in [3.8, 4) is 5.69 Å². The molecule has 0 aliphatic heterocycles. The van der Waals surface area contributed by atoms with E-state index in [1.807, 2.05) is 25.1 Å². The number of carbonyl (C=O) groups excluding carboxylic acids is 2. The molecule has 0 atom stereocenters. The van der Waals surface area contributed by atoms with Crippen LogP contribution in [0.4, 0.5) is 11.5 Å². The monoisotopic (exact) mass is 475 g/mol. The Balaban J connectivity index is 1.44. The Morgan fingerprint density at radius 2 is 1.68 bits per heavy atom. The first-order valence-electron chi connectivity index (χ1n) is 9.45. The topological polar surface area (TPSA) is 88.9 Å². The molecule has 0 radical (unpaired) electrons. The molecule has 2 heterocycles. The summed E-state index contributed by atoms with van der Waals surface area (Å²) in [5, 5.41) is 9.82. The molecule has 0 aliphatic carbocycles. The van der Waals surface area contributed by atoms with Gasteiger partial charge in [-0.25, -0.2) is 9.67 Å². The zero-order valence-electron chi connectivity index (χ0n) is 16.5. The van der Waals surface area contributed by atoms with Crippen molar-refractivity contribution in [2.45, 2.75) is 6.92 Å². The molecular formula is C23H18BrN5O2. The van der Waals surface area contributed by atoms with Crippen molar-refractivity contribution >= 4 is 39.2 Å². The molecule has 31 heavy (non-hydrogen) atoms. The van der Waals surface area contributed by atoms with Gasteiger partial charge in [-0.1, -0.05) is 6.07 Å². The summed E-state index contributed by atoms with van der Waals surface area (Å²) in [7, 11) is 0. The van der Waals surface area contributed by atoms with Crippen LogP contribution < -0.4 is 10.6 Å². The van der Waals surface area contributed by atoms with Gasteiger partial charge in [0.2, 0.25) is 0 Å². The zero-order chi connectivity index (χ0) is 21.8. The molecule has 0 aliphatic rings. The summed E-state index contributed by atoms with van der Waals surface area (Å²) in [5.41, 5.74) is 3.31. The number of anilines is 2. The van der Waals surface area contributed by atoms with E-state index < -0.39 is 0 Å². The minimum atomic E-state index is -0.315.